The molecule has 0 radical (unpaired) electrons. The van der Waals surface area contributed by atoms with E-state index in [9.17, 15) is 24.0 Å². The molecule has 0 atom stereocenters. The summed E-state index contributed by atoms with van der Waals surface area (Å²) in [6.45, 7) is -0.215. The van der Waals surface area contributed by atoms with Crippen LogP contribution >= 0.6 is 0 Å². The van der Waals surface area contributed by atoms with E-state index in [4.69, 9.17) is 5.11 Å². The van der Waals surface area contributed by atoms with Crippen molar-refractivity contribution in [1.82, 2.24) is 13.7 Å². The number of aliphatic carboxylic acids is 1. The molecule has 0 saturated carbocycles. The number of aromatic nitrogens is 3. The number of rotatable bonds is 4. The van der Waals surface area contributed by atoms with Crippen molar-refractivity contribution >= 4 is 11.8 Å². The zero-order valence-corrected chi connectivity index (χ0v) is 9.74. The molecule has 0 aliphatic heterocycles. The normalized spacial score (nSPS) is 10.3. The topological polar surface area (TPSA) is 120 Å². The largest absolute Gasteiger partial charge is 0.480 e. The number of nitrogens with zero attached hydrogens (tertiary/aromatic N) is 3. The minimum Gasteiger partial charge on any atom is -0.480 e. The van der Waals surface area contributed by atoms with Gasteiger partial charge in [-0.25, -0.2) is 28.1 Å². The molecule has 0 amide bonds. The van der Waals surface area contributed by atoms with Crippen LogP contribution in [-0.2, 0) is 29.7 Å². The number of carboxylic acids is 1. The zero-order chi connectivity index (χ0) is 14.0. The first-order valence-electron chi connectivity index (χ1n) is 4.87. The highest BCUT2D eigenvalue weighted by atomic mass is 16.4. The van der Waals surface area contributed by atoms with Crippen molar-refractivity contribution in [2.45, 2.75) is 20.0 Å². The van der Waals surface area contributed by atoms with Gasteiger partial charge in [0.1, 0.15) is 12.3 Å². The number of hydrogen-bond acceptors (Lipinski definition) is 5. The Kier molecular flexibility index (Phi) is 3.64. The van der Waals surface area contributed by atoms with Crippen LogP contribution in [0.25, 0.3) is 0 Å². The highest BCUT2D eigenvalue weighted by molar-refractivity contribution is 5.75. The fourth-order valence-corrected chi connectivity index (χ4v) is 1.38. The van der Waals surface area contributed by atoms with Gasteiger partial charge in [-0.05, 0) is 6.92 Å². The molecule has 18 heavy (non-hydrogen) atoms. The van der Waals surface area contributed by atoms with Crippen molar-refractivity contribution in [2.24, 2.45) is 7.05 Å². The number of carbonyl (C=O) groups excluding carboxylic acids is 1. The molecule has 0 fully saturated rings. The third kappa shape index (κ3) is 2.44. The van der Waals surface area contributed by atoms with E-state index in [-0.39, 0.29) is 0 Å². The molecule has 0 saturated heterocycles. The molecule has 0 aliphatic carbocycles. The van der Waals surface area contributed by atoms with Gasteiger partial charge in [-0.3, -0.25) is 9.59 Å². The first-order chi connectivity index (χ1) is 8.25. The fourth-order valence-electron chi connectivity index (χ4n) is 1.38. The molecule has 1 rings (SSSR count). The summed E-state index contributed by atoms with van der Waals surface area (Å²) in [5, 5.41) is 8.59. The van der Waals surface area contributed by atoms with Crippen LogP contribution in [0.1, 0.15) is 6.92 Å². The summed E-state index contributed by atoms with van der Waals surface area (Å²) in [5.41, 5.74) is -3.10. The van der Waals surface area contributed by atoms with Crippen LogP contribution in [0.3, 0.4) is 0 Å². The fraction of sp³-hybridized carbons (Fsp3) is 0.444. The Morgan fingerprint density at radius 1 is 1.00 bits per heavy atom. The summed E-state index contributed by atoms with van der Waals surface area (Å²) in [6, 6.07) is 0. The number of ketones is 1. The lowest BCUT2D eigenvalue weighted by atomic mass is 10.4. The van der Waals surface area contributed by atoms with E-state index < -0.39 is 41.9 Å². The third-order valence-corrected chi connectivity index (χ3v) is 2.17. The van der Waals surface area contributed by atoms with E-state index in [2.05, 4.69) is 0 Å². The van der Waals surface area contributed by atoms with Crippen LogP contribution in [-0.4, -0.2) is 30.6 Å². The maximum Gasteiger partial charge on any atom is 0.337 e. The third-order valence-electron chi connectivity index (χ3n) is 2.17. The molecule has 9 heteroatoms. The first kappa shape index (κ1) is 13.6. The van der Waals surface area contributed by atoms with Gasteiger partial charge in [0.25, 0.3) is 0 Å². The number of Topliss-reactive ketones (excluding diaryl/α,β-unsaturated/α-hetero) is 1. The SMILES string of the molecule is CC(=O)Cn1c(=O)n(C)c(=O)n(CC(=O)O)c1=O. The molecule has 0 spiro atoms. The second-order valence-electron chi connectivity index (χ2n) is 3.67. The Balaban J connectivity index is 3.65. The second kappa shape index (κ2) is 4.82. The molecule has 0 aliphatic rings. The van der Waals surface area contributed by atoms with Gasteiger partial charge in [0, 0.05) is 7.05 Å². The van der Waals surface area contributed by atoms with E-state index in [1.54, 1.807) is 0 Å². The van der Waals surface area contributed by atoms with Crippen molar-refractivity contribution in [3.8, 4) is 0 Å². The average molecular weight is 257 g/mol. The summed E-state index contributed by atoms with van der Waals surface area (Å²) >= 11 is 0. The van der Waals surface area contributed by atoms with E-state index in [0.29, 0.717) is 13.7 Å². The van der Waals surface area contributed by atoms with E-state index >= 15 is 0 Å². The molecular weight excluding hydrogens is 246 g/mol. The lowest BCUT2D eigenvalue weighted by Crippen LogP contribution is -2.54. The van der Waals surface area contributed by atoms with Crippen LogP contribution in [0.15, 0.2) is 14.4 Å². The Bertz CT molecular complexity index is 623. The van der Waals surface area contributed by atoms with E-state index in [1.165, 1.54) is 6.92 Å². The summed E-state index contributed by atoms with van der Waals surface area (Å²) in [7, 11) is 1.10. The zero-order valence-electron chi connectivity index (χ0n) is 9.74. The van der Waals surface area contributed by atoms with Gasteiger partial charge < -0.3 is 5.11 Å². The van der Waals surface area contributed by atoms with Gasteiger partial charge in [0.2, 0.25) is 0 Å². The van der Waals surface area contributed by atoms with Gasteiger partial charge in [-0.15, -0.1) is 0 Å². The van der Waals surface area contributed by atoms with Crippen molar-refractivity contribution in [3.05, 3.63) is 31.5 Å². The minimum absolute atomic E-state index is 0.382. The molecule has 1 aromatic heterocycles. The highest BCUT2D eigenvalue weighted by Crippen LogP contribution is 1.77. The maximum atomic E-state index is 11.7. The Hall–Kier alpha value is -2.45. The van der Waals surface area contributed by atoms with E-state index in [1.807, 2.05) is 0 Å². The Morgan fingerprint density at radius 2 is 1.44 bits per heavy atom. The number of carbonyl (C=O) groups is 2. The predicted molar refractivity (Wildman–Crippen MR) is 58.5 cm³/mol. The summed E-state index contributed by atoms with van der Waals surface area (Å²) in [6.07, 6.45) is 0. The van der Waals surface area contributed by atoms with Gasteiger partial charge in [-0.1, -0.05) is 0 Å². The minimum atomic E-state index is -1.40. The van der Waals surface area contributed by atoms with Gasteiger partial charge in [-0.2, -0.15) is 0 Å². The van der Waals surface area contributed by atoms with Crippen molar-refractivity contribution in [3.63, 3.8) is 0 Å². The summed E-state index contributed by atoms with van der Waals surface area (Å²) in [5.74, 6) is -1.86. The van der Waals surface area contributed by atoms with Crippen LogP contribution in [0.2, 0.25) is 0 Å². The quantitative estimate of drug-likeness (QED) is 0.630. The lowest BCUT2D eigenvalue weighted by Gasteiger charge is -2.08. The highest BCUT2D eigenvalue weighted by Gasteiger charge is 2.15. The molecule has 98 valence electrons. The monoisotopic (exact) mass is 257 g/mol. The van der Waals surface area contributed by atoms with Crippen LogP contribution in [0, 0.1) is 0 Å². The van der Waals surface area contributed by atoms with Gasteiger partial charge >= 0.3 is 23.0 Å². The molecule has 9 nitrogen and oxygen atoms in total. The molecule has 1 aromatic rings. The molecule has 0 unspecified atom stereocenters. The standard InChI is InChI=1S/C9H11N3O6/c1-5(13)3-11-7(16)10(2)8(17)12(9(11)18)4-6(14)15/h3-4H2,1-2H3,(H,14,15). The maximum absolute atomic E-state index is 11.7. The summed E-state index contributed by atoms with van der Waals surface area (Å²) < 4.78 is 1.48. The van der Waals surface area contributed by atoms with Crippen LogP contribution in [0.5, 0.6) is 0 Å². The molecule has 0 aromatic carbocycles. The van der Waals surface area contributed by atoms with Crippen LogP contribution < -0.4 is 17.1 Å². The van der Waals surface area contributed by atoms with Crippen LogP contribution in [0.4, 0.5) is 0 Å². The van der Waals surface area contributed by atoms with Gasteiger partial charge in [0.15, 0.2) is 0 Å². The van der Waals surface area contributed by atoms with Gasteiger partial charge in [0.05, 0.1) is 6.54 Å². The summed E-state index contributed by atoms with van der Waals surface area (Å²) in [4.78, 5) is 56.4. The smallest absolute Gasteiger partial charge is 0.337 e. The predicted octanol–water partition coefficient (Wildman–Crippen LogP) is -2.62. The molecule has 1 N–H and O–H groups in total. The van der Waals surface area contributed by atoms with E-state index in [0.717, 1.165) is 7.05 Å². The molecular formula is C9H11N3O6. The molecule has 0 bridgehead atoms. The number of carboxylic acid groups (broad SMARTS) is 1. The lowest BCUT2D eigenvalue weighted by molar-refractivity contribution is -0.137. The average Bonchev–Trinajstić information content (AvgIpc) is 2.27. The number of hydrogen-bond donors (Lipinski definition) is 1. The molecule has 1 heterocycles. The van der Waals surface area contributed by atoms with Crippen molar-refractivity contribution in [1.29, 1.82) is 0 Å². The Labute approximate surface area is 99.5 Å². The van der Waals surface area contributed by atoms with Crippen molar-refractivity contribution in [2.75, 3.05) is 0 Å². The van der Waals surface area contributed by atoms with Crippen molar-refractivity contribution < 1.29 is 14.7 Å². The first-order valence-corrected chi connectivity index (χ1v) is 4.87. The Morgan fingerprint density at radius 3 is 1.83 bits per heavy atom. The second-order valence-corrected chi connectivity index (χ2v) is 3.67.